The molecule has 0 radical (unpaired) electrons. The number of phenolic OH excluding ortho intramolecular Hbond substituents is 1. The van der Waals surface area contributed by atoms with Gasteiger partial charge < -0.3 is 5.11 Å². The van der Waals surface area contributed by atoms with Crippen molar-refractivity contribution in [1.82, 2.24) is 0 Å². The zero-order chi connectivity index (χ0) is 26.3. The first-order chi connectivity index (χ1) is 18.1. The maximum atomic E-state index is 9.88. The highest BCUT2D eigenvalue weighted by atomic mass is 32.3. The molecule has 0 amide bonds. The van der Waals surface area contributed by atoms with Crippen LogP contribution in [0.1, 0.15) is 77.7 Å². The van der Waals surface area contributed by atoms with Gasteiger partial charge in [0.15, 0.2) is 0 Å². The van der Waals surface area contributed by atoms with Crippen LogP contribution in [0.25, 0.3) is 0 Å². The minimum absolute atomic E-state index is 0.286. The van der Waals surface area contributed by atoms with Gasteiger partial charge in [-0.1, -0.05) is 112 Å². The Balaban J connectivity index is 1.50. The van der Waals surface area contributed by atoms with Crippen molar-refractivity contribution in [1.29, 1.82) is 0 Å². The molecule has 0 atom stereocenters. The third-order valence-electron chi connectivity index (χ3n) is 5.51. The lowest BCUT2D eigenvalue weighted by atomic mass is 10.2. The van der Waals surface area contributed by atoms with E-state index in [9.17, 15) is 5.11 Å². The first-order valence-electron chi connectivity index (χ1n) is 13.2. The van der Waals surface area contributed by atoms with Crippen LogP contribution in [0, 0.1) is 0 Å². The van der Waals surface area contributed by atoms with Gasteiger partial charge >= 0.3 is 0 Å². The lowest BCUT2D eigenvalue weighted by molar-refractivity contribution is 0.474. The fourth-order valence-electron chi connectivity index (χ4n) is 3.44. The van der Waals surface area contributed by atoms with Crippen LogP contribution in [0.2, 0.25) is 0 Å². The summed E-state index contributed by atoms with van der Waals surface area (Å²) >= 11 is 14.0. The maximum Gasteiger partial charge on any atom is 0.124 e. The number of nitrogens with zero attached hydrogens (tertiary/aromatic N) is 1. The van der Waals surface area contributed by atoms with Crippen LogP contribution in [0.3, 0.4) is 0 Å². The molecule has 0 saturated carbocycles. The zero-order valence-electron chi connectivity index (χ0n) is 22.1. The van der Waals surface area contributed by atoms with Crippen molar-refractivity contribution in [3.63, 3.8) is 0 Å². The van der Waals surface area contributed by atoms with Gasteiger partial charge in [0.25, 0.3) is 0 Å². The number of unbranched alkanes of at least 4 members (excludes halogenated alkanes) is 6. The third-order valence-corrected chi connectivity index (χ3v) is 15.8. The number of aliphatic imine (C=N–C) groups is 1. The van der Waals surface area contributed by atoms with E-state index in [2.05, 4.69) is 49.3 Å². The summed E-state index contributed by atoms with van der Waals surface area (Å²) in [5.41, 5.74) is 0.779. The number of para-hydroxylation sites is 1. The van der Waals surface area contributed by atoms with Crippen LogP contribution in [-0.2, 0) is 0 Å². The quantitative estimate of drug-likeness (QED) is 0.135. The number of aromatic hydroxyl groups is 1. The molecule has 2 heterocycles. The number of hydrogen-bond donors (Lipinski definition) is 1. The van der Waals surface area contributed by atoms with E-state index in [4.69, 9.17) is 0 Å². The van der Waals surface area contributed by atoms with Gasteiger partial charge in [0, 0.05) is 29.0 Å². The van der Waals surface area contributed by atoms with E-state index in [0.29, 0.717) is 0 Å². The van der Waals surface area contributed by atoms with E-state index in [0.717, 1.165) is 17.9 Å². The van der Waals surface area contributed by atoms with Gasteiger partial charge in [-0.15, -0.1) is 35.3 Å². The van der Waals surface area contributed by atoms with E-state index in [1.165, 1.54) is 80.5 Å². The standard InChI is InChI=1S/C28H39NOS7/c1-4-6-8-12-17-31-25-26(32-18-13-9-7-5-2)37-28(36-25)27-34-21(3)24(35-27)33-19-16-29-20-22-14-10-11-15-23(22)30/h10-11,14-15,20,30H,4-9,12-13,16-19H2,1-3H3. The van der Waals surface area contributed by atoms with Gasteiger partial charge in [-0.2, -0.15) is 0 Å². The Morgan fingerprint density at radius 3 is 1.92 bits per heavy atom. The summed E-state index contributed by atoms with van der Waals surface area (Å²) in [6, 6.07) is 7.35. The molecule has 0 saturated heterocycles. The van der Waals surface area contributed by atoms with Gasteiger partial charge in [0.05, 0.1) is 21.2 Å². The highest BCUT2D eigenvalue weighted by Gasteiger charge is 2.29. The molecule has 0 spiro atoms. The predicted octanol–water partition coefficient (Wildman–Crippen LogP) is 11.6. The second-order valence-corrected chi connectivity index (χ2v) is 17.6. The van der Waals surface area contributed by atoms with E-state index < -0.39 is 0 Å². The Morgan fingerprint density at radius 2 is 1.30 bits per heavy atom. The fraction of sp³-hybridized carbons (Fsp3) is 0.536. The molecule has 2 nitrogen and oxygen atoms in total. The van der Waals surface area contributed by atoms with Gasteiger partial charge in [0.2, 0.25) is 0 Å². The molecule has 1 aromatic rings. The summed E-state index contributed by atoms with van der Waals surface area (Å²) in [5.74, 6) is 3.72. The average molecular weight is 630 g/mol. The van der Waals surface area contributed by atoms with Crippen LogP contribution in [0.5, 0.6) is 5.75 Å². The van der Waals surface area contributed by atoms with Gasteiger partial charge in [0.1, 0.15) is 5.75 Å². The highest BCUT2D eigenvalue weighted by molar-refractivity contribution is 8.43. The Morgan fingerprint density at radius 1 is 0.730 bits per heavy atom. The number of hydrogen-bond acceptors (Lipinski definition) is 9. The largest absolute Gasteiger partial charge is 0.507 e. The fourth-order valence-corrected chi connectivity index (χ4v) is 13.7. The van der Waals surface area contributed by atoms with Crippen molar-refractivity contribution < 1.29 is 5.11 Å². The Kier molecular flexibility index (Phi) is 16.1. The van der Waals surface area contributed by atoms with Crippen molar-refractivity contribution in [2.75, 3.05) is 23.8 Å². The van der Waals surface area contributed by atoms with Crippen LogP contribution < -0.4 is 0 Å². The van der Waals surface area contributed by atoms with Crippen molar-refractivity contribution in [3.05, 3.63) is 55.9 Å². The monoisotopic (exact) mass is 629 g/mol. The van der Waals surface area contributed by atoms with E-state index in [-0.39, 0.29) is 5.75 Å². The number of benzene rings is 1. The molecule has 3 rings (SSSR count). The van der Waals surface area contributed by atoms with E-state index >= 15 is 0 Å². The molecule has 9 heteroatoms. The molecule has 0 unspecified atom stereocenters. The van der Waals surface area contributed by atoms with Crippen molar-refractivity contribution in [3.8, 4) is 5.75 Å². The lowest BCUT2D eigenvalue weighted by Gasteiger charge is -2.05. The summed E-state index contributed by atoms with van der Waals surface area (Å²) in [5, 5.41) is 9.88. The van der Waals surface area contributed by atoms with E-state index in [1.807, 2.05) is 77.0 Å². The Bertz CT molecular complexity index is 958. The van der Waals surface area contributed by atoms with Crippen molar-refractivity contribution in [2.45, 2.75) is 72.1 Å². The topological polar surface area (TPSA) is 32.6 Å². The molecule has 0 aromatic heterocycles. The molecule has 2 aliphatic rings. The number of allylic oxidation sites excluding steroid dienone is 1. The van der Waals surface area contributed by atoms with Crippen LogP contribution in [0.15, 0.2) is 55.3 Å². The molecule has 204 valence electrons. The molecule has 2 aliphatic heterocycles. The number of thioether (sulfide) groups is 7. The first-order valence-corrected chi connectivity index (χ1v) is 19.4. The molecule has 1 N–H and O–H groups in total. The summed E-state index contributed by atoms with van der Waals surface area (Å²) in [6.07, 6.45) is 12.5. The Hall–Kier alpha value is 0.360. The van der Waals surface area contributed by atoms with Gasteiger partial charge in [-0.25, -0.2) is 0 Å². The highest BCUT2D eigenvalue weighted by Crippen LogP contribution is 2.64. The second-order valence-electron chi connectivity index (χ2n) is 8.66. The van der Waals surface area contributed by atoms with Crippen LogP contribution in [-0.4, -0.2) is 35.1 Å². The molecule has 0 fully saturated rings. The average Bonchev–Trinajstić information content (AvgIpc) is 3.47. The Labute approximate surface area is 254 Å². The molecule has 0 bridgehead atoms. The lowest BCUT2D eigenvalue weighted by Crippen LogP contribution is -1.88. The summed E-state index contributed by atoms with van der Waals surface area (Å²) in [6.45, 7) is 7.57. The summed E-state index contributed by atoms with van der Waals surface area (Å²) in [7, 11) is 0. The van der Waals surface area contributed by atoms with Crippen molar-refractivity contribution >= 4 is 88.5 Å². The molecule has 1 aromatic carbocycles. The third kappa shape index (κ3) is 11.4. The molecular formula is C28H39NOS7. The van der Waals surface area contributed by atoms with Gasteiger partial charge in [-0.05, 0) is 43.4 Å². The summed E-state index contributed by atoms with van der Waals surface area (Å²) in [4.78, 5) is 5.94. The van der Waals surface area contributed by atoms with Gasteiger partial charge in [-0.3, -0.25) is 4.99 Å². The van der Waals surface area contributed by atoms with Crippen LogP contribution in [0.4, 0.5) is 0 Å². The smallest absolute Gasteiger partial charge is 0.124 e. The zero-order valence-corrected chi connectivity index (χ0v) is 27.8. The molecule has 37 heavy (non-hydrogen) atoms. The van der Waals surface area contributed by atoms with E-state index in [1.54, 1.807) is 20.8 Å². The van der Waals surface area contributed by atoms with Crippen LogP contribution >= 0.6 is 82.3 Å². The normalized spacial score (nSPS) is 16.3. The maximum absolute atomic E-state index is 9.88. The number of rotatable bonds is 17. The second kappa shape index (κ2) is 18.7. The summed E-state index contributed by atoms with van der Waals surface area (Å²) < 4.78 is 7.44. The SMILES string of the molecule is CCCCCCSC1=C(SCCCCCC)SC(=C2SC(C)=C(SCCN=Cc3ccccc3O)S2)S1. The number of phenols is 1. The van der Waals surface area contributed by atoms with Crippen molar-refractivity contribution in [2.24, 2.45) is 4.99 Å². The molecular weight excluding hydrogens is 591 g/mol. The minimum Gasteiger partial charge on any atom is -0.507 e. The first kappa shape index (κ1) is 31.9. The predicted molar refractivity (Wildman–Crippen MR) is 183 cm³/mol. The minimum atomic E-state index is 0.286. The molecule has 0 aliphatic carbocycles.